The second-order valence-electron chi connectivity index (χ2n) is 7.16. The van der Waals surface area contributed by atoms with Crippen molar-refractivity contribution in [1.29, 1.82) is 0 Å². The Morgan fingerprint density at radius 3 is 2.56 bits per heavy atom. The summed E-state index contributed by atoms with van der Waals surface area (Å²) in [4.78, 5) is 34.7. The summed E-state index contributed by atoms with van der Waals surface area (Å²) >= 11 is 0. The van der Waals surface area contributed by atoms with Crippen LogP contribution in [0.4, 0.5) is 45.1 Å². The van der Waals surface area contributed by atoms with E-state index in [0.717, 1.165) is 12.3 Å². The molecule has 2 heterocycles. The topological polar surface area (TPSA) is 121 Å². The normalized spacial score (nSPS) is 11.4. The molecule has 0 aliphatic carbocycles. The molecule has 2 aromatic heterocycles. The van der Waals surface area contributed by atoms with Gasteiger partial charge >= 0.3 is 17.9 Å². The molecule has 2 aromatic carbocycles. The summed E-state index contributed by atoms with van der Waals surface area (Å²) in [5.74, 6) is -5.86. The Kier molecular flexibility index (Phi) is 6.22. The zero-order valence-electron chi connectivity index (χ0n) is 18.2. The average Bonchev–Trinajstić information content (AvgIpc) is 3.11. The number of hydrogen-bond donors (Lipinski definition) is 2. The fourth-order valence-corrected chi connectivity index (χ4v) is 3.04. The maximum absolute atomic E-state index is 14.4. The number of rotatable bonds is 6. The number of aromatic nitrogens is 3. The van der Waals surface area contributed by atoms with Gasteiger partial charge in [-0.05, 0) is 36.8 Å². The molecule has 0 spiro atoms. The Bertz CT molecular complexity index is 1530. The minimum absolute atomic E-state index is 0.00715. The SMILES string of the molecule is COc1cc(Nc2ncc(F)c(Nc3ccc4oc(=O)n(OC(=O)C(F)(F)F)c4c3)n2)c(F)cc1C. The van der Waals surface area contributed by atoms with Crippen LogP contribution < -0.4 is 26.0 Å². The molecular formula is C21H14F5N5O5. The molecule has 4 rings (SSSR count). The van der Waals surface area contributed by atoms with E-state index in [4.69, 9.17) is 9.15 Å². The molecule has 0 radical (unpaired) electrons. The molecular weight excluding hydrogens is 497 g/mol. The number of ether oxygens (including phenoxy) is 1. The molecule has 0 saturated carbocycles. The molecule has 0 saturated heterocycles. The molecule has 0 atom stereocenters. The van der Waals surface area contributed by atoms with E-state index < -0.39 is 35.4 Å². The van der Waals surface area contributed by atoms with E-state index in [0.29, 0.717) is 11.3 Å². The van der Waals surface area contributed by atoms with Gasteiger partial charge in [0.1, 0.15) is 17.1 Å². The quantitative estimate of drug-likeness (QED) is 0.370. The number of aryl methyl sites for hydroxylation is 1. The van der Waals surface area contributed by atoms with Crippen LogP contribution in [0.25, 0.3) is 11.1 Å². The number of nitrogens with zero attached hydrogens (tertiary/aromatic N) is 3. The molecule has 10 nitrogen and oxygen atoms in total. The first-order valence-corrected chi connectivity index (χ1v) is 9.82. The fourth-order valence-electron chi connectivity index (χ4n) is 3.04. The summed E-state index contributed by atoms with van der Waals surface area (Å²) in [5, 5.41) is 5.15. The van der Waals surface area contributed by atoms with E-state index in [1.807, 2.05) is 0 Å². The lowest BCUT2D eigenvalue weighted by Gasteiger charge is -2.12. The smallest absolute Gasteiger partial charge is 0.493 e. The van der Waals surface area contributed by atoms with Crippen LogP contribution >= 0.6 is 0 Å². The van der Waals surface area contributed by atoms with Gasteiger partial charge in [0, 0.05) is 11.8 Å². The second-order valence-corrected chi connectivity index (χ2v) is 7.16. The lowest BCUT2D eigenvalue weighted by atomic mass is 10.2. The van der Waals surface area contributed by atoms with Crippen molar-refractivity contribution < 1.29 is 40.7 Å². The maximum Gasteiger partial charge on any atom is 0.493 e. The number of carbonyl (C=O) groups is 1. The van der Waals surface area contributed by atoms with Crippen LogP contribution in [0.2, 0.25) is 0 Å². The van der Waals surface area contributed by atoms with Crippen molar-refractivity contribution in [3.63, 3.8) is 0 Å². The van der Waals surface area contributed by atoms with E-state index in [2.05, 4.69) is 25.4 Å². The third kappa shape index (κ3) is 4.89. The first kappa shape index (κ1) is 24.4. The van der Waals surface area contributed by atoms with Crippen LogP contribution in [-0.4, -0.2) is 34.0 Å². The van der Waals surface area contributed by atoms with Gasteiger partial charge in [-0.25, -0.2) is 23.4 Å². The van der Waals surface area contributed by atoms with Crippen molar-refractivity contribution in [2.24, 2.45) is 0 Å². The van der Waals surface area contributed by atoms with Gasteiger partial charge in [0.05, 0.1) is 19.0 Å². The standard InChI is InChI=1S/C21H14F5N5O5/c1-9-5-11(22)13(7-16(9)34-2)29-19-27-8-12(23)17(30-19)28-10-3-4-15-14(6-10)31(20(33)35-15)36-18(32)21(24,25)26/h3-8H,1-2H3,(H2,27,28,29,30). The molecule has 0 bridgehead atoms. The van der Waals surface area contributed by atoms with E-state index in [1.165, 1.54) is 31.4 Å². The lowest BCUT2D eigenvalue weighted by Crippen LogP contribution is -2.36. The van der Waals surface area contributed by atoms with Crippen LogP contribution in [0.3, 0.4) is 0 Å². The number of nitrogens with one attached hydrogen (secondary N) is 2. The number of carbonyl (C=O) groups excluding carboxylic acids is 1. The van der Waals surface area contributed by atoms with Crippen molar-refractivity contribution >= 4 is 40.2 Å². The average molecular weight is 511 g/mol. The summed E-state index contributed by atoms with van der Waals surface area (Å²) in [6, 6.07) is 6.10. The number of benzene rings is 2. The maximum atomic E-state index is 14.4. The Morgan fingerprint density at radius 1 is 1.11 bits per heavy atom. The number of methoxy groups -OCH3 is 1. The number of anilines is 4. The highest BCUT2D eigenvalue weighted by Gasteiger charge is 2.42. The summed E-state index contributed by atoms with van der Waals surface area (Å²) in [6.45, 7) is 1.64. The number of fused-ring (bicyclic) bond motifs is 1. The third-order valence-corrected chi connectivity index (χ3v) is 4.68. The zero-order valence-corrected chi connectivity index (χ0v) is 18.2. The van der Waals surface area contributed by atoms with E-state index in [-0.39, 0.29) is 33.2 Å². The van der Waals surface area contributed by atoms with Crippen LogP contribution in [0.15, 0.2) is 45.7 Å². The highest BCUT2D eigenvalue weighted by Crippen LogP contribution is 2.28. The van der Waals surface area contributed by atoms with Gasteiger partial charge < -0.3 is 24.6 Å². The molecule has 0 fully saturated rings. The Hall–Kier alpha value is -4.69. The first-order valence-electron chi connectivity index (χ1n) is 9.82. The van der Waals surface area contributed by atoms with E-state index in [1.54, 1.807) is 6.92 Å². The van der Waals surface area contributed by atoms with Gasteiger partial charge in [-0.1, -0.05) is 4.73 Å². The van der Waals surface area contributed by atoms with E-state index in [9.17, 15) is 31.5 Å². The number of alkyl halides is 3. The minimum atomic E-state index is -5.37. The lowest BCUT2D eigenvalue weighted by molar-refractivity contribution is -0.200. The second kappa shape index (κ2) is 9.16. The minimum Gasteiger partial charge on any atom is -0.496 e. The Labute approximate surface area is 197 Å². The van der Waals surface area contributed by atoms with Crippen molar-refractivity contribution in [1.82, 2.24) is 14.7 Å². The zero-order chi connectivity index (χ0) is 26.2. The van der Waals surface area contributed by atoms with Crippen molar-refractivity contribution in [2.45, 2.75) is 13.1 Å². The van der Waals surface area contributed by atoms with E-state index >= 15 is 0 Å². The number of oxazole rings is 1. The largest absolute Gasteiger partial charge is 0.496 e. The number of hydrogen-bond acceptors (Lipinski definition) is 9. The monoisotopic (exact) mass is 511 g/mol. The molecule has 2 N–H and O–H groups in total. The van der Waals surface area contributed by atoms with Crippen molar-refractivity contribution in [2.75, 3.05) is 17.7 Å². The van der Waals surface area contributed by atoms with Crippen LogP contribution in [0.5, 0.6) is 5.75 Å². The molecule has 188 valence electrons. The van der Waals surface area contributed by atoms with Crippen LogP contribution in [0, 0.1) is 18.6 Å². The third-order valence-electron chi connectivity index (χ3n) is 4.68. The molecule has 0 unspecified atom stereocenters. The molecule has 0 aliphatic heterocycles. The van der Waals surface area contributed by atoms with Crippen molar-refractivity contribution in [3.05, 3.63) is 64.3 Å². The van der Waals surface area contributed by atoms with Gasteiger partial charge in [-0.15, -0.1) is 0 Å². The summed E-state index contributed by atoms with van der Waals surface area (Å²) < 4.78 is 76.2. The highest BCUT2D eigenvalue weighted by atomic mass is 19.4. The van der Waals surface area contributed by atoms with Gasteiger partial charge in [0.25, 0.3) is 0 Å². The van der Waals surface area contributed by atoms with Crippen molar-refractivity contribution in [3.8, 4) is 5.75 Å². The highest BCUT2D eigenvalue weighted by molar-refractivity contribution is 5.81. The molecule has 0 aliphatic rings. The summed E-state index contributed by atoms with van der Waals surface area (Å²) in [5.41, 5.74) is -0.0619. The molecule has 36 heavy (non-hydrogen) atoms. The predicted octanol–water partition coefficient (Wildman–Crippen LogP) is 3.98. The molecule has 4 aromatic rings. The van der Waals surface area contributed by atoms with Gasteiger partial charge in [-0.3, -0.25) is 0 Å². The summed E-state index contributed by atoms with van der Waals surface area (Å²) in [7, 11) is 1.40. The van der Waals surface area contributed by atoms with Crippen LogP contribution in [-0.2, 0) is 4.79 Å². The van der Waals surface area contributed by atoms with Gasteiger partial charge in [0.2, 0.25) is 5.95 Å². The van der Waals surface area contributed by atoms with Crippen LogP contribution in [0.1, 0.15) is 5.56 Å². The van der Waals surface area contributed by atoms with Gasteiger partial charge in [0.15, 0.2) is 17.2 Å². The summed E-state index contributed by atoms with van der Waals surface area (Å²) in [6.07, 6.45) is -4.58. The predicted molar refractivity (Wildman–Crippen MR) is 114 cm³/mol. The Balaban J connectivity index is 1.63. The van der Waals surface area contributed by atoms with Gasteiger partial charge in [-0.2, -0.15) is 18.2 Å². The molecule has 15 heteroatoms. The Morgan fingerprint density at radius 2 is 1.86 bits per heavy atom. The first-order chi connectivity index (χ1) is 17.0. The molecule has 0 amide bonds. The number of halogens is 5. The fraction of sp³-hybridized carbons (Fsp3) is 0.143.